The second kappa shape index (κ2) is 6.64. The third-order valence-electron chi connectivity index (χ3n) is 4.28. The fourth-order valence-corrected chi connectivity index (χ4v) is 2.85. The monoisotopic (exact) mass is 317 g/mol. The van der Waals surface area contributed by atoms with Crippen molar-refractivity contribution in [3.63, 3.8) is 0 Å². The predicted molar refractivity (Wildman–Crippen MR) is 86.9 cm³/mol. The van der Waals surface area contributed by atoms with Crippen LogP contribution in [0.25, 0.3) is 5.82 Å². The van der Waals surface area contributed by atoms with E-state index in [1.807, 2.05) is 19.9 Å². The van der Waals surface area contributed by atoms with Crippen molar-refractivity contribution < 1.29 is 9.47 Å². The average molecular weight is 317 g/mol. The van der Waals surface area contributed by atoms with Crippen LogP contribution in [0.15, 0.2) is 18.5 Å². The van der Waals surface area contributed by atoms with Crippen molar-refractivity contribution in [2.75, 3.05) is 32.2 Å². The van der Waals surface area contributed by atoms with Gasteiger partial charge in [0, 0.05) is 45.4 Å². The van der Waals surface area contributed by atoms with E-state index >= 15 is 0 Å². The van der Waals surface area contributed by atoms with Gasteiger partial charge in [-0.05, 0) is 19.9 Å². The van der Waals surface area contributed by atoms with E-state index in [4.69, 9.17) is 9.47 Å². The highest BCUT2D eigenvalue weighted by molar-refractivity contribution is 5.37. The maximum absolute atomic E-state index is 5.73. The average Bonchev–Trinajstić information content (AvgIpc) is 2.93. The van der Waals surface area contributed by atoms with Crippen LogP contribution in [-0.2, 0) is 9.47 Å². The van der Waals surface area contributed by atoms with Gasteiger partial charge >= 0.3 is 0 Å². The molecule has 1 fully saturated rings. The number of methoxy groups -OCH3 is 1. The first-order chi connectivity index (χ1) is 11.1. The molecule has 7 nitrogen and oxygen atoms in total. The number of anilines is 1. The summed E-state index contributed by atoms with van der Waals surface area (Å²) in [4.78, 5) is 8.88. The smallest absolute Gasteiger partial charge is 0.174 e. The van der Waals surface area contributed by atoms with Gasteiger partial charge in [-0.3, -0.25) is 4.98 Å². The minimum atomic E-state index is -0.200. The van der Waals surface area contributed by atoms with Gasteiger partial charge in [-0.25, -0.2) is 9.67 Å². The van der Waals surface area contributed by atoms with Crippen LogP contribution >= 0.6 is 0 Å². The summed E-state index contributed by atoms with van der Waals surface area (Å²) < 4.78 is 13.0. The number of hydrogen-bond acceptors (Lipinski definition) is 6. The number of hydrogen-bond donors (Lipinski definition) is 1. The first kappa shape index (κ1) is 15.9. The van der Waals surface area contributed by atoms with E-state index in [-0.39, 0.29) is 5.60 Å². The van der Waals surface area contributed by atoms with E-state index in [2.05, 4.69) is 20.4 Å². The van der Waals surface area contributed by atoms with Crippen LogP contribution in [-0.4, -0.2) is 52.2 Å². The molecule has 0 saturated carbocycles. The fraction of sp³-hybridized carbons (Fsp3) is 0.562. The molecule has 124 valence electrons. The van der Waals surface area contributed by atoms with Gasteiger partial charge in [0.15, 0.2) is 5.82 Å². The van der Waals surface area contributed by atoms with Gasteiger partial charge in [-0.1, -0.05) is 0 Å². The topological polar surface area (TPSA) is 74.1 Å². The molecule has 7 heteroatoms. The number of aromatic nitrogens is 4. The van der Waals surface area contributed by atoms with Gasteiger partial charge < -0.3 is 14.8 Å². The summed E-state index contributed by atoms with van der Waals surface area (Å²) in [7, 11) is 1.75. The number of rotatable bonds is 5. The van der Waals surface area contributed by atoms with E-state index in [1.165, 1.54) is 0 Å². The molecule has 0 aromatic carbocycles. The van der Waals surface area contributed by atoms with E-state index in [0.29, 0.717) is 12.4 Å². The van der Waals surface area contributed by atoms with Crippen molar-refractivity contribution in [1.29, 1.82) is 0 Å². The van der Waals surface area contributed by atoms with Crippen molar-refractivity contribution >= 4 is 5.82 Å². The van der Waals surface area contributed by atoms with Gasteiger partial charge in [-0.2, -0.15) is 5.10 Å². The van der Waals surface area contributed by atoms with Crippen LogP contribution in [0.3, 0.4) is 0 Å². The molecular formula is C16H23N5O2. The SMILES string of the molecule is COC1(CNc2cncc(-n3nc(C)cc3C)n2)CCOCC1. The minimum absolute atomic E-state index is 0.200. The second-order valence-corrected chi connectivity index (χ2v) is 5.95. The summed E-state index contributed by atoms with van der Waals surface area (Å²) in [6.07, 6.45) is 5.19. The van der Waals surface area contributed by atoms with E-state index in [1.54, 1.807) is 24.2 Å². The molecule has 0 atom stereocenters. The Kier molecular flexibility index (Phi) is 4.58. The Morgan fingerprint density at radius 2 is 2.09 bits per heavy atom. The van der Waals surface area contributed by atoms with E-state index in [9.17, 15) is 0 Å². The third-order valence-corrected chi connectivity index (χ3v) is 4.28. The van der Waals surface area contributed by atoms with Gasteiger partial charge in [0.1, 0.15) is 5.82 Å². The van der Waals surface area contributed by atoms with Crippen molar-refractivity contribution in [2.45, 2.75) is 32.3 Å². The quantitative estimate of drug-likeness (QED) is 0.908. The first-order valence-electron chi connectivity index (χ1n) is 7.84. The Balaban J connectivity index is 1.74. The Morgan fingerprint density at radius 1 is 1.30 bits per heavy atom. The molecule has 23 heavy (non-hydrogen) atoms. The van der Waals surface area contributed by atoms with Crippen LogP contribution in [0.5, 0.6) is 0 Å². The fourth-order valence-electron chi connectivity index (χ4n) is 2.85. The molecule has 1 N–H and O–H groups in total. The summed E-state index contributed by atoms with van der Waals surface area (Å²) in [5.74, 6) is 1.43. The summed E-state index contributed by atoms with van der Waals surface area (Å²) >= 11 is 0. The van der Waals surface area contributed by atoms with Crippen molar-refractivity contribution in [2.24, 2.45) is 0 Å². The minimum Gasteiger partial charge on any atom is -0.381 e. The Hall–Kier alpha value is -1.99. The molecule has 0 aliphatic carbocycles. The molecule has 2 aromatic heterocycles. The number of ether oxygens (including phenoxy) is 2. The molecule has 3 heterocycles. The van der Waals surface area contributed by atoms with Crippen LogP contribution in [0.4, 0.5) is 5.82 Å². The van der Waals surface area contributed by atoms with Crippen molar-refractivity contribution in [3.05, 3.63) is 29.8 Å². The lowest BCUT2D eigenvalue weighted by Gasteiger charge is -2.36. The zero-order valence-electron chi connectivity index (χ0n) is 13.9. The van der Waals surface area contributed by atoms with Crippen LogP contribution < -0.4 is 5.32 Å². The Bertz CT molecular complexity index is 664. The summed E-state index contributed by atoms with van der Waals surface area (Å²) in [6, 6.07) is 2.02. The zero-order valence-corrected chi connectivity index (χ0v) is 13.9. The molecule has 1 aliphatic rings. The van der Waals surface area contributed by atoms with E-state index in [0.717, 1.165) is 43.3 Å². The lowest BCUT2D eigenvalue weighted by atomic mass is 9.94. The summed E-state index contributed by atoms with van der Waals surface area (Å²) in [6.45, 7) is 6.11. The number of nitrogens with one attached hydrogen (secondary N) is 1. The Morgan fingerprint density at radius 3 is 2.74 bits per heavy atom. The summed E-state index contributed by atoms with van der Waals surface area (Å²) in [5, 5.41) is 7.79. The molecule has 0 amide bonds. The maximum Gasteiger partial charge on any atom is 0.174 e. The van der Waals surface area contributed by atoms with Crippen molar-refractivity contribution in [1.82, 2.24) is 19.7 Å². The first-order valence-corrected chi connectivity index (χ1v) is 7.84. The van der Waals surface area contributed by atoms with Gasteiger partial charge in [0.25, 0.3) is 0 Å². The highest BCUT2D eigenvalue weighted by Gasteiger charge is 2.32. The molecule has 0 bridgehead atoms. The van der Waals surface area contributed by atoms with Crippen LogP contribution in [0, 0.1) is 13.8 Å². The lowest BCUT2D eigenvalue weighted by molar-refractivity contribution is -0.0807. The van der Waals surface area contributed by atoms with Crippen LogP contribution in [0.1, 0.15) is 24.2 Å². The highest BCUT2D eigenvalue weighted by atomic mass is 16.5. The number of nitrogens with zero attached hydrogens (tertiary/aromatic N) is 4. The van der Waals surface area contributed by atoms with Gasteiger partial charge in [-0.15, -0.1) is 0 Å². The second-order valence-electron chi connectivity index (χ2n) is 5.95. The molecule has 0 unspecified atom stereocenters. The largest absolute Gasteiger partial charge is 0.381 e. The van der Waals surface area contributed by atoms with E-state index < -0.39 is 0 Å². The normalized spacial score (nSPS) is 17.2. The molecule has 2 aromatic rings. The third kappa shape index (κ3) is 3.51. The van der Waals surface area contributed by atoms with Crippen molar-refractivity contribution in [3.8, 4) is 5.82 Å². The van der Waals surface area contributed by atoms with Crippen LogP contribution in [0.2, 0.25) is 0 Å². The molecule has 1 saturated heterocycles. The van der Waals surface area contributed by atoms with Gasteiger partial charge in [0.05, 0.1) is 23.7 Å². The van der Waals surface area contributed by atoms with Gasteiger partial charge in [0.2, 0.25) is 0 Å². The molecule has 3 rings (SSSR count). The summed E-state index contributed by atoms with van der Waals surface area (Å²) in [5.41, 5.74) is 1.80. The lowest BCUT2D eigenvalue weighted by Crippen LogP contribution is -2.44. The number of aryl methyl sites for hydroxylation is 2. The molecular weight excluding hydrogens is 294 g/mol. The maximum atomic E-state index is 5.73. The zero-order chi connectivity index (χ0) is 16.3. The standard InChI is InChI=1S/C16H23N5O2/c1-12-8-13(2)21(20-12)15-10-17-9-14(19-15)18-11-16(22-3)4-6-23-7-5-16/h8-10H,4-7,11H2,1-3H3,(H,18,19). The molecule has 0 spiro atoms. The molecule has 0 radical (unpaired) electrons. The molecule has 1 aliphatic heterocycles. The predicted octanol–water partition coefficient (Wildman–Crippen LogP) is 1.89. The highest BCUT2D eigenvalue weighted by Crippen LogP contribution is 2.24. The Labute approximate surface area is 136 Å².